The quantitative estimate of drug-likeness (QED) is 0.831. The van der Waals surface area contributed by atoms with E-state index in [0.29, 0.717) is 18.7 Å². The third-order valence-electron chi connectivity index (χ3n) is 3.17. The second-order valence-corrected chi connectivity index (χ2v) is 4.99. The van der Waals surface area contributed by atoms with Gasteiger partial charge in [-0.2, -0.15) is 0 Å². The molecule has 0 radical (unpaired) electrons. The van der Waals surface area contributed by atoms with Gasteiger partial charge in [0.1, 0.15) is 0 Å². The van der Waals surface area contributed by atoms with Gasteiger partial charge in [0.2, 0.25) is 5.91 Å². The standard InChI is InChI=1S/C16H24N2O2/c1-4-5-10-18(14(3)19)11-9-17-16(20)15-8-6-7-13(2)12-15/h6-8,12H,4-5,9-11H2,1-3H3,(H,17,20). The molecule has 4 nitrogen and oxygen atoms in total. The summed E-state index contributed by atoms with van der Waals surface area (Å²) in [6, 6.07) is 7.48. The lowest BCUT2D eigenvalue weighted by Gasteiger charge is -2.20. The van der Waals surface area contributed by atoms with E-state index in [1.807, 2.05) is 25.1 Å². The Labute approximate surface area is 121 Å². The molecule has 0 aliphatic carbocycles. The summed E-state index contributed by atoms with van der Waals surface area (Å²) in [7, 11) is 0. The number of amides is 2. The predicted octanol–water partition coefficient (Wildman–Crippen LogP) is 2.37. The summed E-state index contributed by atoms with van der Waals surface area (Å²) in [5, 5.41) is 2.86. The number of benzene rings is 1. The number of unbranched alkanes of at least 4 members (excludes halogenated alkanes) is 1. The van der Waals surface area contributed by atoms with Crippen molar-refractivity contribution in [3.8, 4) is 0 Å². The summed E-state index contributed by atoms with van der Waals surface area (Å²) in [6.07, 6.45) is 2.05. The van der Waals surface area contributed by atoms with Gasteiger partial charge < -0.3 is 10.2 Å². The van der Waals surface area contributed by atoms with Crippen molar-refractivity contribution in [3.05, 3.63) is 35.4 Å². The Bertz CT molecular complexity index is 458. The largest absolute Gasteiger partial charge is 0.350 e. The average Bonchev–Trinajstić information content (AvgIpc) is 2.42. The molecule has 0 unspecified atom stereocenters. The van der Waals surface area contributed by atoms with E-state index >= 15 is 0 Å². The number of nitrogens with one attached hydrogen (secondary N) is 1. The van der Waals surface area contributed by atoms with Crippen molar-refractivity contribution < 1.29 is 9.59 Å². The van der Waals surface area contributed by atoms with Crippen molar-refractivity contribution in [2.24, 2.45) is 0 Å². The Kier molecular flexibility index (Phi) is 6.77. The number of rotatable bonds is 7. The van der Waals surface area contributed by atoms with Crippen molar-refractivity contribution in [2.75, 3.05) is 19.6 Å². The van der Waals surface area contributed by atoms with Gasteiger partial charge in [0.25, 0.3) is 5.91 Å². The van der Waals surface area contributed by atoms with Crippen LogP contribution >= 0.6 is 0 Å². The number of carbonyl (C=O) groups excluding carboxylic acids is 2. The number of aryl methyl sites for hydroxylation is 1. The van der Waals surface area contributed by atoms with E-state index in [-0.39, 0.29) is 11.8 Å². The molecule has 20 heavy (non-hydrogen) atoms. The van der Waals surface area contributed by atoms with Gasteiger partial charge in [-0.05, 0) is 25.5 Å². The SMILES string of the molecule is CCCCN(CCNC(=O)c1cccc(C)c1)C(C)=O. The molecule has 0 saturated heterocycles. The first-order valence-corrected chi connectivity index (χ1v) is 7.15. The molecule has 0 aliphatic heterocycles. The van der Waals surface area contributed by atoms with Gasteiger partial charge >= 0.3 is 0 Å². The second kappa shape index (κ2) is 8.35. The van der Waals surface area contributed by atoms with Crippen LogP contribution in [0.15, 0.2) is 24.3 Å². The number of hydrogen-bond acceptors (Lipinski definition) is 2. The molecule has 2 amide bonds. The zero-order valence-electron chi connectivity index (χ0n) is 12.6. The molecule has 110 valence electrons. The lowest BCUT2D eigenvalue weighted by atomic mass is 10.1. The van der Waals surface area contributed by atoms with E-state index in [1.165, 1.54) is 0 Å². The van der Waals surface area contributed by atoms with Crippen LogP contribution in [0.3, 0.4) is 0 Å². The van der Waals surface area contributed by atoms with Crippen LogP contribution in [0.2, 0.25) is 0 Å². The van der Waals surface area contributed by atoms with E-state index in [9.17, 15) is 9.59 Å². The fourth-order valence-electron chi connectivity index (χ4n) is 1.97. The molecular weight excluding hydrogens is 252 g/mol. The van der Waals surface area contributed by atoms with Gasteiger partial charge in [-0.1, -0.05) is 31.0 Å². The molecule has 0 spiro atoms. The van der Waals surface area contributed by atoms with Crippen molar-refractivity contribution in [1.29, 1.82) is 0 Å². The fourth-order valence-corrected chi connectivity index (χ4v) is 1.97. The lowest BCUT2D eigenvalue weighted by molar-refractivity contribution is -0.128. The highest BCUT2D eigenvalue weighted by Crippen LogP contribution is 2.03. The van der Waals surface area contributed by atoms with Gasteiger partial charge in [0, 0.05) is 32.1 Å². The summed E-state index contributed by atoms with van der Waals surface area (Å²) in [5.41, 5.74) is 1.72. The predicted molar refractivity (Wildman–Crippen MR) is 80.7 cm³/mol. The Morgan fingerprint density at radius 1 is 1.25 bits per heavy atom. The van der Waals surface area contributed by atoms with Gasteiger partial charge in [-0.25, -0.2) is 0 Å². The van der Waals surface area contributed by atoms with Crippen LogP contribution in [-0.2, 0) is 4.79 Å². The Morgan fingerprint density at radius 3 is 2.60 bits per heavy atom. The van der Waals surface area contributed by atoms with Gasteiger partial charge in [0.15, 0.2) is 0 Å². The van der Waals surface area contributed by atoms with Crippen molar-refractivity contribution in [1.82, 2.24) is 10.2 Å². The van der Waals surface area contributed by atoms with Gasteiger partial charge in [-0.3, -0.25) is 9.59 Å². The summed E-state index contributed by atoms with van der Waals surface area (Å²) < 4.78 is 0. The maximum atomic E-state index is 11.9. The van der Waals surface area contributed by atoms with E-state index in [0.717, 1.165) is 24.9 Å². The first kappa shape index (κ1) is 16.2. The molecule has 0 aromatic heterocycles. The first-order valence-electron chi connectivity index (χ1n) is 7.15. The highest BCUT2D eigenvalue weighted by atomic mass is 16.2. The van der Waals surface area contributed by atoms with Gasteiger partial charge in [0.05, 0.1) is 0 Å². The highest BCUT2D eigenvalue weighted by Gasteiger charge is 2.09. The van der Waals surface area contributed by atoms with Crippen molar-refractivity contribution in [3.63, 3.8) is 0 Å². The van der Waals surface area contributed by atoms with Crippen LogP contribution < -0.4 is 5.32 Å². The molecule has 1 aromatic carbocycles. The summed E-state index contributed by atoms with van der Waals surface area (Å²) in [4.78, 5) is 25.2. The van der Waals surface area contributed by atoms with Crippen LogP contribution in [0, 0.1) is 6.92 Å². The van der Waals surface area contributed by atoms with Crippen molar-refractivity contribution >= 4 is 11.8 Å². The number of nitrogens with zero attached hydrogens (tertiary/aromatic N) is 1. The maximum Gasteiger partial charge on any atom is 0.251 e. The Balaban J connectivity index is 2.42. The minimum atomic E-state index is -0.0901. The molecule has 1 N–H and O–H groups in total. The van der Waals surface area contributed by atoms with Gasteiger partial charge in [-0.15, -0.1) is 0 Å². The van der Waals surface area contributed by atoms with Crippen LogP contribution in [0.4, 0.5) is 0 Å². The molecular formula is C16H24N2O2. The Morgan fingerprint density at radius 2 is 2.00 bits per heavy atom. The fraction of sp³-hybridized carbons (Fsp3) is 0.500. The molecule has 1 rings (SSSR count). The molecule has 0 atom stereocenters. The smallest absolute Gasteiger partial charge is 0.251 e. The molecule has 1 aromatic rings. The van der Waals surface area contributed by atoms with Crippen LogP contribution in [0.5, 0.6) is 0 Å². The van der Waals surface area contributed by atoms with E-state index in [4.69, 9.17) is 0 Å². The third kappa shape index (κ3) is 5.43. The lowest BCUT2D eigenvalue weighted by Crippen LogP contribution is -2.38. The van der Waals surface area contributed by atoms with Crippen molar-refractivity contribution in [2.45, 2.75) is 33.6 Å². The van der Waals surface area contributed by atoms with Crippen LogP contribution in [-0.4, -0.2) is 36.3 Å². The minimum Gasteiger partial charge on any atom is -0.350 e. The maximum absolute atomic E-state index is 11.9. The number of carbonyl (C=O) groups is 2. The minimum absolute atomic E-state index is 0.0586. The second-order valence-electron chi connectivity index (χ2n) is 4.99. The Hall–Kier alpha value is -1.84. The van der Waals surface area contributed by atoms with E-state index in [1.54, 1.807) is 17.9 Å². The van der Waals surface area contributed by atoms with E-state index < -0.39 is 0 Å². The summed E-state index contributed by atoms with van der Waals surface area (Å²) >= 11 is 0. The zero-order chi connectivity index (χ0) is 15.0. The summed E-state index contributed by atoms with van der Waals surface area (Å²) in [5.74, 6) is -0.0315. The molecule has 0 saturated carbocycles. The number of hydrogen-bond donors (Lipinski definition) is 1. The molecule has 4 heteroatoms. The zero-order valence-corrected chi connectivity index (χ0v) is 12.6. The normalized spacial score (nSPS) is 10.2. The molecule has 0 bridgehead atoms. The summed E-state index contributed by atoms with van der Waals surface area (Å²) in [6.45, 7) is 7.42. The monoisotopic (exact) mass is 276 g/mol. The highest BCUT2D eigenvalue weighted by molar-refractivity contribution is 5.94. The molecule has 0 heterocycles. The molecule has 0 aliphatic rings. The average molecular weight is 276 g/mol. The third-order valence-corrected chi connectivity index (χ3v) is 3.17. The van der Waals surface area contributed by atoms with E-state index in [2.05, 4.69) is 12.2 Å². The topological polar surface area (TPSA) is 49.4 Å². The molecule has 0 fully saturated rings. The van der Waals surface area contributed by atoms with Crippen LogP contribution in [0.25, 0.3) is 0 Å². The first-order chi connectivity index (χ1) is 9.54. The van der Waals surface area contributed by atoms with Crippen LogP contribution in [0.1, 0.15) is 42.6 Å².